The summed E-state index contributed by atoms with van der Waals surface area (Å²) in [5.41, 5.74) is 1.60. The summed E-state index contributed by atoms with van der Waals surface area (Å²) in [5, 5.41) is 2.69. The number of ether oxygens (including phenoxy) is 1. The molecular formula is C20H23N3O3. The third-order valence-corrected chi connectivity index (χ3v) is 4.51. The Morgan fingerprint density at radius 3 is 2.31 bits per heavy atom. The first-order chi connectivity index (χ1) is 12.7. The zero-order valence-corrected chi connectivity index (χ0v) is 14.9. The fourth-order valence-corrected chi connectivity index (χ4v) is 3.05. The van der Waals surface area contributed by atoms with Crippen LogP contribution in [0.2, 0.25) is 0 Å². The quantitative estimate of drug-likeness (QED) is 0.890. The van der Waals surface area contributed by atoms with Crippen LogP contribution >= 0.6 is 0 Å². The van der Waals surface area contributed by atoms with E-state index in [1.807, 2.05) is 18.2 Å². The lowest BCUT2D eigenvalue weighted by atomic mass is 10.2. The van der Waals surface area contributed by atoms with Crippen molar-refractivity contribution in [2.75, 3.05) is 44.7 Å². The van der Waals surface area contributed by atoms with Crippen LogP contribution in [0.15, 0.2) is 54.6 Å². The van der Waals surface area contributed by atoms with Gasteiger partial charge in [-0.2, -0.15) is 0 Å². The van der Waals surface area contributed by atoms with Gasteiger partial charge in [0.2, 0.25) is 5.91 Å². The van der Waals surface area contributed by atoms with Crippen LogP contribution < -0.4 is 15.0 Å². The van der Waals surface area contributed by atoms with E-state index < -0.39 is 0 Å². The number of rotatable bonds is 5. The lowest BCUT2D eigenvalue weighted by Crippen LogP contribution is -2.51. The summed E-state index contributed by atoms with van der Waals surface area (Å²) in [6.07, 6.45) is 0. The van der Waals surface area contributed by atoms with Crippen LogP contribution in [-0.4, -0.2) is 56.5 Å². The van der Waals surface area contributed by atoms with Crippen molar-refractivity contribution in [3.63, 3.8) is 0 Å². The van der Waals surface area contributed by atoms with Gasteiger partial charge in [-0.3, -0.25) is 9.59 Å². The molecule has 0 unspecified atom stereocenters. The summed E-state index contributed by atoms with van der Waals surface area (Å²) in [6.45, 7) is 2.87. The molecule has 1 fully saturated rings. The van der Waals surface area contributed by atoms with Gasteiger partial charge in [0, 0.05) is 31.9 Å². The summed E-state index contributed by atoms with van der Waals surface area (Å²) in [4.78, 5) is 28.7. The van der Waals surface area contributed by atoms with E-state index in [1.165, 1.54) is 12.8 Å². The molecule has 3 rings (SSSR count). The number of methoxy groups -OCH3 is 1. The minimum atomic E-state index is -0.307. The van der Waals surface area contributed by atoms with Gasteiger partial charge in [0.15, 0.2) is 0 Å². The summed E-state index contributed by atoms with van der Waals surface area (Å²) in [7, 11) is 1.52. The van der Waals surface area contributed by atoms with Gasteiger partial charge in [0.1, 0.15) is 5.75 Å². The molecule has 1 aliphatic rings. The number of nitrogens with zero attached hydrogens (tertiary/aromatic N) is 2. The summed E-state index contributed by atoms with van der Waals surface area (Å²) < 4.78 is 5.18. The van der Waals surface area contributed by atoms with E-state index in [0.29, 0.717) is 24.4 Å². The molecular weight excluding hydrogens is 330 g/mol. The topological polar surface area (TPSA) is 61.9 Å². The molecule has 2 aromatic carbocycles. The van der Waals surface area contributed by atoms with Crippen LogP contribution in [0.4, 0.5) is 5.69 Å². The van der Waals surface area contributed by atoms with E-state index in [9.17, 15) is 9.59 Å². The number of hydrogen-bond donors (Lipinski definition) is 1. The number of carbonyl (C=O) groups is 2. The number of anilines is 1. The first kappa shape index (κ1) is 17.8. The van der Waals surface area contributed by atoms with Crippen LogP contribution in [0.5, 0.6) is 5.75 Å². The maximum Gasteiger partial charge on any atom is 0.255 e. The highest BCUT2D eigenvalue weighted by atomic mass is 16.5. The summed E-state index contributed by atoms with van der Waals surface area (Å²) in [6, 6.07) is 17.1. The molecule has 2 amide bonds. The first-order valence-electron chi connectivity index (χ1n) is 8.68. The van der Waals surface area contributed by atoms with Gasteiger partial charge in [-0.05, 0) is 24.3 Å². The number of para-hydroxylation sites is 2. The minimum Gasteiger partial charge on any atom is -0.496 e. The van der Waals surface area contributed by atoms with E-state index in [0.717, 1.165) is 13.1 Å². The first-order valence-corrected chi connectivity index (χ1v) is 8.68. The zero-order chi connectivity index (χ0) is 18.4. The number of amides is 2. The Morgan fingerprint density at radius 2 is 1.62 bits per heavy atom. The normalized spacial score (nSPS) is 14.0. The fourth-order valence-electron chi connectivity index (χ4n) is 3.05. The molecule has 136 valence electrons. The molecule has 0 bridgehead atoms. The van der Waals surface area contributed by atoms with E-state index in [2.05, 4.69) is 22.3 Å². The van der Waals surface area contributed by atoms with Gasteiger partial charge in [0.25, 0.3) is 5.91 Å². The number of benzene rings is 2. The second kappa shape index (κ2) is 8.38. The highest BCUT2D eigenvalue weighted by Crippen LogP contribution is 2.17. The molecule has 1 saturated heterocycles. The molecule has 0 atom stereocenters. The molecule has 0 spiro atoms. The molecule has 26 heavy (non-hydrogen) atoms. The SMILES string of the molecule is COc1ccccc1C(=O)NCC(=O)N1CCN(c2ccccc2)CC1. The minimum absolute atomic E-state index is 0.0117. The lowest BCUT2D eigenvalue weighted by Gasteiger charge is -2.36. The number of carbonyl (C=O) groups excluding carboxylic acids is 2. The molecule has 1 heterocycles. The van der Waals surface area contributed by atoms with Crippen LogP contribution in [-0.2, 0) is 4.79 Å². The molecule has 0 saturated carbocycles. The fraction of sp³-hybridized carbons (Fsp3) is 0.300. The highest BCUT2D eigenvalue weighted by molar-refractivity contribution is 5.98. The van der Waals surface area contributed by atoms with Gasteiger partial charge < -0.3 is 19.9 Å². The smallest absolute Gasteiger partial charge is 0.255 e. The monoisotopic (exact) mass is 353 g/mol. The third-order valence-electron chi connectivity index (χ3n) is 4.51. The van der Waals surface area contributed by atoms with E-state index in [-0.39, 0.29) is 18.4 Å². The van der Waals surface area contributed by atoms with Crippen molar-refractivity contribution in [2.45, 2.75) is 0 Å². The van der Waals surface area contributed by atoms with Crippen LogP contribution in [0.1, 0.15) is 10.4 Å². The maximum atomic E-state index is 12.4. The molecule has 0 aliphatic carbocycles. The number of piperazine rings is 1. The Labute approximate surface area is 153 Å². The van der Waals surface area contributed by atoms with E-state index >= 15 is 0 Å². The predicted octanol–water partition coefficient (Wildman–Crippen LogP) is 1.77. The predicted molar refractivity (Wildman–Crippen MR) is 101 cm³/mol. The van der Waals surface area contributed by atoms with Crippen LogP contribution in [0, 0.1) is 0 Å². The highest BCUT2D eigenvalue weighted by Gasteiger charge is 2.22. The molecule has 6 heteroatoms. The van der Waals surface area contributed by atoms with Crippen molar-refractivity contribution < 1.29 is 14.3 Å². The standard InChI is InChI=1S/C20H23N3O3/c1-26-18-10-6-5-9-17(18)20(25)21-15-19(24)23-13-11-22(12-14-23)16-7-3-2-4-8-16/h2-10H,11-15H2,1H3,(H,21,25). The van der Waals surface area contributed by atoms with Crippen molar-refractivity contribution in [1.82, 2.24) is 10.2 Å². The second-order valence-electron chi connectivity index (χ2n) is 6.09. The number of hydrogen-bond acceptors (Lipinski definition) is 4. The van der Waals surface area contributed by atoms with Gasteiger partial charge >= 0.3 is 0 Å². The molecule has 6 nitrogen and oxygen atoms in total. The average Bonchev–Trinajstić information content (AvgIpc) is 2.72. The van der Waals surface area contributed by atoms with Gasteiger partial charge in [-0.15, -0.1) is 0 Å². The summed E-state index contributed by atoms with van der Waals surface area (Å²) in [5.74, 6) is 0.119. The molecule has 0 aromatic heterocycles. The Kier molecular flexibility index (Phi) is 5.73. The van der Waals surface area contributed by atoms with Crippen molar-refractivity contribution in [3.05, 3.63) is 60.2 Å². The average molecular weight is 353 g/mol. The molecule has 1 N–H and O–H groups in total. The van der Waals surface area contributed by atoms with Gasteiger partial charge in [0.05, 0.1) is 19.2 Å². The maximum absolute atomic E-state index is 12.4. The van der Waals surface area contributed by atoms with Crippen molar-refractivity contribution >= 4 is 17.5 Å². The van der Waals surface area contributed by atoms with E-state index in [1.54, 1.807) is 29.2 Å². The van der Waals surface area contributed by atoms with Crippen LogP contribution in [0.25, 0.3) is 0 Å². The Bertz CT molecular complexity index is 756. The second-order valence-corrected chi connectivity index (χ2v) is 6.09. The Hall–Kier alpha value is -3.02. The van der Waals surface area contributed by atoms with Crippen molar-refractivity contribution in [1.29, 1.82) is 0 Å². The van der Waals surface area contributed by atoms with Crippen molar-refractivity contribution in [3.8, 4) is 5.75 Å². The third kappa shape index (κ3) is 4.14. The van der Waals surface area contributed by atoms with Gasteiger partial charge in [-0.25, -0.2) is 0 Å². The number of nitrogens with one attached hydrogen (secondary N) is 1. The van der Waals surface area contributed by atoms with Gasteiger partial charge in [-0.1, -0.05) is 30.3 Å². The summed E-state index contributed by atoms with van der Waals surface area (Å²) >= 11 is 0. The van der Waals surface area contributed by atoms with Crippen LogP contribution in [0.3, 0.4) is 0 Å². The Morgan fingerprint density at radius 1 is 0.962 bits per heavy atom. The molecule has 2 aromatic rings. The zero-order valence-electron chi connectivity index (χ0n) is 14.9. The Balaban J connectivity index is 1.49. The van der Waals surface area contributed by atoms with E-state index in [4.69, 9.17) is 4.74 Å². The molecule has 0 radical (unpaired) electrons. The lowest BCUT2D eigenvalue weighted by molar-refractivity contribution is -0.130. The molecule has 1 aliphatic heterocycles. The van der Waals surface area contributed by atoms with Crippen molar-refractivity contribution in [2.24, 2.45) is 0 Å². The largest absolute Gasteiger partial charge is 0.496 e.